The zero-order valence-electron chi connectivity index (χ0n) is 8.23. The number of ether oxygens (including phenoxy) is 1. The number of carbonyl (C=O) groups excluding carboxylic acids is 1. The summed E-state index contributed by atoms with van der Waals surface area (Å²) in [6.07, 6.45) is 2.44. The van der Waals surface area contributed by atoms with E-state index in [1.54, 1.807) is 12.4 Å². The molecular formula is C10H13NO3. The molecule has 4 nitrogen and oxygen atoms in total. The molecule has 14 heavy (non-hydrogen) atoms. The van der Waals surface area contributed by atoms with Crippen molar-refractivity contribution in [2.75, 3.05) is 7.11 Å². The summed E-state index contributed by atoms with van der Waals surface area (Å²) >= 11 is 0. The Kier molecular flexibility index (Phi) is 3.59. The second-order valence-electron chi connectivity index (χ2n) is 3.05. The highest BCUT2D eigenvalue weighted by Gasteiger charge is 2.16. The lowest BCUT2D eigenvalue weighted by Crippen LogP contribution is -2.24. The Morgan fingerprint density at radius 2 is 2.43 bits per heavy atom. The molecule has 1 atom stereocenters. The molecule has 0 aromatic carbocycles. The van der Waals surface area contributed by atoms with Crippen LogP contribution in [0, 0.1) is 6.92 Å². The van der Waals surface area contributed by atoms with Crippen molar-refractivity contribution in [3.8, 4) is 0 Å². The smallest absolute Gasteiger partial charge is 0.335 e. The summed E-state index contributed by atoms with van der Waals surface area (Å²) in [6, 6.07) is 1.83. The van der Waals surface area contributed by atoms with Crippen LogP contribution in [0.2, 0.25) is 0 Å². The van der Waals surface area contributed by atoms with Crippen molar-refractivity contribution < 1.29 is 14.6 Å². The van der Waals surface area contributed by atoms with Crippen molar-refractivity contribution in [1.29, 1.82) is 0 Å². The number of esters is 1. The van der Waals surface area contributed by atoms with E-state index >= 15 is 0 Å². The summed E-state index contributed by atoms with van der Waals surface area (Å²) in [5.41, 5.74) is 1.85. The number of methoxy groups -OCH3 is 1. The molecule has 0 saturated carbocycles. The minimum Gasteiger partial charge on any atom is -0.467 e. The van der Waals surface area contributed by atoms with Gasteiger partial charge in [0.25, 0.3) is 0 Å². The molecule has 0 radical (unpaired) electrons. The number of aromatic nitrogens is 1. The van der Waals surface area contributed by atoms with Crippen molar-refractivity contribution in [2.24, 2.45) is 0 Å². The number of hydrogen-bond acceptors (Lipinski definition) is 4. The lowest BCUT2D eigenvalue weighted by molar-refractivity contribution is -0.150. The normalized spacial score (nSPS) is 12.2. The molecule has 1 aromatic heterocycles. The standard InChI is InChI=1S/C10H13NO3/c1-7-3-4-11-6-8(7)5-9(12)10(13)14-2/h3-4,6,9,12H,5H2,1-2H3. The van der Waals surface area contributed by atoms with Crippen LogP contribution in [-0.2, 0) is 16.0 Å². The fourth-order valence-electron chi connectivity index (χ4n) is 1.14. The molecule has 0 aliphatic rings. The van der Waals surface area contributed by atoms with E-state index < -0.39 is 12.1 Å². The molecule has 1 rings (SSSR count). The second kappa shape index (κ2) is 4.72. The van der Waals surface area contributed by atoms with Gasteiger partial charge in [-0.05, 0) is 24.1 Å². The topological polar surface area (TPSA) is 59.4 Å². The molecule has 1 aromatic rings. The van der Waals surface area contributed by atoms with Crippen LogP contribution in [0.4, 0.5) is 0 Å². The monoisotopic (exact) mass is 195 g/mol. The van der Waals surface area contributed by atoms with E-state index in [4.69, 9.17) is 0 Å². The van der Waals surface area contributed by atoms with Gasteiger partial charge in [0.05, 0.1) is 7.11 Å². The highest BCUT2D eigenvalue weighted by molar-refractivity contribution is 5.74. The lowest BCUT2D eigenvalue weighted by Gasteiger charge is -2.09. The minimum atomic E-state index is -1.11. The number of aryl methyl sites for hydroxylation is 1. The van der Waals surface area contributed by atoms with Gasteiger partial charge in [-0.25, -0.2) is 4.79 Å². The maximum atomic E-state index is 10.9. The van der Waals surface area contributed by atoms with Gasteiger partial charge >= 0.3 is 5.97 Å². The Labute approximate surface area is 82.5 Å². The van der Waals surface area contributed by atoms with Gasteiger partial charge in [0.2, 0.25) is 0 Å². The molecule has 0 spiro atoms. The third kappa shape index (κ3) is 2.53. The summed E-state index contributed by atoms with van der Waals surface area (Å²) in [5.74, 6) is -0.617. The van der Waals surface area contributed by atoms with Gasteiger partial charge in [0, 0.05) is 18.8 Å². The van der Waals surface area contributed by atoms with E-state index in [0.29, 0.717) is 0 Å². The fourth-order valence-corrected chi connectivity index (χ4v) is 1.14. The number of hydrogen-bond donors (Lipinski definition) is 1. The van der Waals surface area contributed by atoms with Crippen LogP contribution in [0.5, 0.6) is 0 Å². The first-order valence-electron chi connectivity index (χ1n) is 4.30. The van der Waals surface area contributed by atoms with Crippen LogP contribution >= 0.6 is 0 Å². The molecule has 0 fully saturated rings. The van der Waals surface area contributed by atoms with E-state index in [0.717, 1.165) is 11.1 Å². The summed E-state index contributed by atoms with van der Waals surface area (Å²) in [5, 5.41) is 9.39. The number of aliphatic hydroxyl groups is 1. The first-order chi connectivity index (χ1) is 6.65. The third-order valence-corrected chi connectivity index (χ3v) is 2.03. The van der Waals surface area contributed by atoms with Gasteiger partial charge in [0.15, 0.2) is 6.10 Å². The minimum absolute atomic E-state index is 0.242. The van der Waals surface area contributed by atoms with E-state index in [-0.39, 0.29) is 6.42 Å². The third-order valence-electron chi connectivity index (χ3n) is 2.03. The summed E-state index contributed by atoms with van der Waals surface area (Å²) in [4.78, 5) is 14.9. The van der Waals surface area contributed by atoms with Gasteiger partial charge in [-0.3, -0.25) is 4.98 Å². The molecule has 1 heterocycles. The predicted octanol–water partition coefficient (Wildman–Crippen LogP) is 0.466. The van der Waals surface area contributed by atoms with E-state index in [1.165, 1.54) is 7.11 Å². The second-order valence-corrected chi connectivity index (χ2v) is 3.05. The maximum absolute atomic E-state index is 10.9. The number of aliphatic hydroxyl groups excluding tert-OH is 1. The molecule has 76 valence electrons. The Bertz CT molecular complexity index is 325. The van der Waals surface area contributed by atoms with Crippen LogP contribution in [0.25, 0.3) is 0 Å². The predicted molar refractivity (Wildman–Crippen MR) is 50.7 cm³/mol. The highest BCUT2D eigenvalue weighted by Crippen LogP contribution is 2.08. The van der Waals surface area contributed by atoms with E-state index in [2.05, 4.69) is 9.72 Å². The van der Waals surface area contributed by atoms with Gasteiger partial charge < -0.3 is 9.84 Å². The van der Waals surface area contributed by atoms with Crippen LogP contribution in [-0.4, -0.2) is 29.3 Å². The Balaban J connectivity index is 2.69. The van der Waals surface area contributed by atoms with Crippen molar-refractivity contribution in [2.45, 2.75) is 19.4 Å². The summed E-state index contributed by atoms with van der Waals surface area (Å²) < 4.78 is 4.41. The zero-order valence-corrected chi connectivity index (χ0v) is 8.23. The Morgan fingerprint density at radius 1 is 1.71 bits per heavy atom. The average Bonchev–Trinajstić information content (AvgIpc) is 2.20. The molecule has 1 N–H and O–H groups in total. The molecule has 0 aliphatic carbocycles. The highest BCUT2D eigenvalue weighted by atomic mass is 16.5. The molecule has 0 bridgehead atoms. The molecule has 4 heteroatoms. The van der Waals surface area contributed by atoms with Crippen molar-refractivity contribution in [3.05, 3.63) is 29.6 Å². The Hall–Kier alpha value is -1.42. The first kappa shape index (κ1) is 10.7. The first-order valence-corrected chi connectivity index (χ1v) is 4.30. The van der Waals surface area contributed by atoms with Crippen LogP contribution < -0.4 is 0 Å². The largest absolute Gasteiger partial charge is 0.467 e. The number of nitrogens with zero attached hydrogens (tertiary/aromatic N) is 1. The van der Waals surface area contributed by atoms with Crippen molar-refractivity contribution in [3.63, 3.8) is 0 Å². The molecule has 0 amide bonds. The number of rotatable bonds is 3. The lowest BCUT2D eigenvalue weighted by atomic mass is 10.1. The Morgan fingerprint density at radius 3 is 3.00 bits per heavy atom. The van der Waals surface area contributed by atoms with Crippen LogP contribution in [0.3, 0.4) is 0 Å². The summed E-state index contributed by atoms with van der Waals surface area (Å²) in [7, 11) is 1.25. The fraction of sp³-hybridized carbons (Fsp3) is 0.400. The average molecular weight is 195 g/mol. The van der Waals surface area contributed by atoms with Gasteiger partial charge in [0.1, 0.15) is 0 Å². The zero-order chi connectivity index (χ0) is 10.6. The van der Waals surface area contributed by atoms with Crippen molar-refractivity contribution in [1.82, 2.24) is 4.98 Å². The van der Waals surface area contributed by atoms with Crippen LogP contribution in [0.1, 0.15) is 11.1 Å². The molecule has 1 unspecified atom stereocenters. The maximum Gasteiger partial charge on any atom is 0.335 e. The van der Waals surface area contributed by atoms with Gasteiger partial charge in [-0.1, -0.05) is 0 Å². The number of pyridine rings is 1. The van der Waals surface area contributed by atoms with Crippen molar-refractivity contribution >= 4 is 5.97 Å². The van der Waals surface area contributed by atoms with E-state index in [9.17, 15) is 9.90 Å². The van der Waals surface area contributed by atoms with Gasteiger partial charge in [-0.15, -0.1) is 0 Å². The summed E-state index contributed by atoms with van der Waals surface area (Å²) in [6.45, 7) is 1.90. The van der Waals surface area contributed by atoms with Crippen LogP contribution in [0.15, 0.2) is 18.5 Å². The molecule has 0 aliphatic heterocycles. The van der Waals surface area contributed by atoms with E-state index in [1.807, 2.05) is 13.0 Å². The molecule has 0 saturated heterocycles. The SMILES string of the molecule is COC(=O)C(O)Cc1cnccc1C. The van der Waals surface area contributed by atoms with Gasteiger partial charge in [-0.2, -0.15) is 0 Å². The number of carbonyl (C=O) groups is 1. The molecular weight excluding hydrogens is 182 g/mol. The quantitative estimate of drug-likeness (QED) is 0.712.